The lowest BCUT2D eigenvalue weighted by molar-refractivity contribution is -0.111. The van der Waals surface area contributed by atoms with Gasteiger partial charge in [-0.3, -0.25) is 4.79 Å². The maximum absolute atomic E-state index is 12.3. The molecule has 0 fully saturated rings. The molecule has 0 saturated heterocycles. The molecule has 4 nitrogen and oxygen atoms in total. The fraction of sp³-hybridized carbons (Fsp3) is 0.240. The molecule has 2 N–H and O–H groups in total. The molecule has 150 valence electrons. The zero-order valence-electron chi connectivity index (χ0n) is 17.4. The van der Waals surface area contributed by atoms with Gasteiger partial charge in [-0.25, -0.2) is 0 Å². The fourth-order valence-electron chi connectivity index (χ4n) is 3.34. The van der Waals surface area contributed by atoms with Crippen LogP contribution in [-0.4, -0.2) is 37.5 Å². The molecule has 3 rings (SSSR count). The molecule has 1 atom stereocenters. The van der Waals surface area contributed by atoms with Crippen LogP contribution in [0.3, 0.4) is 0 Å². The number of nitrogens with zero attached hydrogens (tertiary/aromatic N) is 1. The first-order valence-electron chi connectivity index (χ1n) is 10.0. The van der Waals surface area contributed by atoms with E-state index in [2.05, 4.69) is 54.8 Å². The van der Waals surface area contributed by atoms with Crippen LogP contribution < -0.4 is 10.6 Å². The average molecular weight is 388 g/mol. The van der Waals surface area contributed by atoms with Gasteiger partial charge in [0.05, 0.1) is 0 Å². The van der Waals surface area contributed by atoms with E-state index in [0.29, 0.717) is 6.04 Å². The second-order valence-corrected chi connectivity index (χ2v) is 7.37. The summed E-state index contributed by atoms with van der Waals surface area (Å²) in [5.41, 5.74) is 2.86. The summed E-state index contributed by atoms with van der Waals surface area (Å²) in [7, 11) is 4.19. The topological polar surface area (TPSA) is 44.4 Å². The minimum Gasteiger partial charge on any atom is -0.383 e. The van der Waals surface area contributed by atoms with Crippen molar-refractivity contribution in [1.82, 2.24) is 4.90 Å². The van der Waals surface area contributed by atoms with Gasteiger partial charge in [0.1, 0.15) is 0 Å². The second kappa shape index (κ2) is 9.89. The molecule has 1 unspecified atom stereocenters. The molecule has 0 saturated carbocycles. The molecule has 0 aromatic heterocycles. The first kappa shape index (κ1) is 20.6. The quantitative estimate of drug-likeness (QED) is 0.519. The Balaban J connectivity index is 1.58. The van der Waals surface area contributed by atoms with Crippen molar-refractivity contribution in [3.63, 3.8) is 0 Å². The molecule has 3 aromatic rings. The summed E-state index contributed by atoms with van der Waals surface area (Å²) in [6, 6.07) is 22.6. The normalized spacial score (nSPS) is 12.4. The van der Waals surface area contributed by atoms with Crippen LogP contribution in [0.25, 0.3) is 16.8 Å². The van der Waals surface area contributed by atoms with Crippen LogP contribution in [0.5, 0.6) is 0 Å². The zero-order chi connectivity index (χ0) is 20.6. The van der Waals surface area contributed by atoms with Gasteiger partial charge in [0.15, 0.2) is 0 Å². The third kappa shape index (κ3) is 5.69. The predicted molar refractivity (Wildman–Crippen MR) is 124 cm³/mol. The van der Waals surface area contributed by atoms with Crippen LogP contribution in [0.1, 0.15) is 18.9 Å². The van der Waals surface area contributed by atoms with E-state index in [-0.39, 0.29) is 5.91 Å². The fourth-order valence-corrected chi connectivity index (χ4v) is 3.34. The number of likely N-dealkylation sites (N-methyl/N-ethyl adjacent to an activating group) is 1. The number of amides is 1. The maximum Gasteiger partial charge on any atom is 0.248 e. The number of hydrogen-bond acceptors (Lipinski definition) is 3. The van der Waals surface area contributed by atoms with Gasteiger partial charge < -0.3 is 15.5 Å². The third-order valence-corrected chi connectivity index (χ3v) is 5.13. The first-order valence-corrected chi connectivity index (χ1v) is 10.0. The van der Waals surface area contributed by atoms with E-state index in [4.69, 9.17) is 0 Å². The van der Waals surface area contributed by atoms with Crippen LogP contribution in [0.15, 0.2) is 72.8 Å². The summed E-state index contributed by atoms with van der Waals surface area (Å²) < 4.78 is 0. The number of carbonyl (C=O) groups excluding carboxylic acids is 1. The Hall–Kier alpha value is -3.11. The molecule has 3 aromatic carbocycles. The lowest BCUT2D eigenvalue weighted by atomic mass is 10.0. The Morgan fingerprint density at radius 1 is 0.966 bits per heavy atom. The molecular weight excluding hydrogens is 358 g/mol. The predicted octanol–water partition coefficient (Wildman–Crippen LogP) is 5.24. The van der Waals surface area contributed by atoms with Gasteiger partial charge in [-0.05, 0) is 67.2 Å². The van der Waals surface area contributed by atoms with Crippen LogP contribution in [0.2, 0.25) is 0 Å². The lowest BCUT2D eigenvalue weighted by Crippen LogP contribution is -2.33. The van der Waals surface area contributed by atoms with E-state index < -0.39 is 0 Å². The summed E-state index contributed by atoms with van der Waals surface area (Å²) >= 11 is 0. The number of rotatable bonds is 8. The van der Waals surface area contributed by atoms with Crippen molar-refractivity contribution in [1.29, 1.82) is 0 Å². The van der Waals surface area contributed by atoms with Crippen molar-refractivity contribution >= 4 is 34.1 Å². The van der Waals surface area contributed by atoms with Crippen molar-refractivity contribution < 1.29 is 4.79 Å². The van der Waals surface area contributed by atoms with Gasteiger partial charge in [-0.1, -0.05) is 49.4 Å². The van der Waals surface area contributed by atoms with Gasteiger partial charge >= 0.3 is 0 Å². The van der Waals surface area contributed by atoms with Gasteiger partial charge in [-0.15, -0.1) is 0 Å². The highest BCUT2D eigenvalue weighted by Gasteiger charge is 2.08. The van der Waals surface area contributed by atoms with E-state index in [1.54, 1.807) is 6.08 Å². The number of fused-ring (bicyclic) bond motifs is 1. The summed E-state index contributed by atoms with van der Waals surface area (Å²) in [6.45, 7) is 3.08. The Kier molecular flexibility index (Phi) is 7.04. The number of anilines is 2. The monoisotopic (exact) mass is 387 g/mol. The molecule has 0 bridgehead atoms. The molecule has 4 heteroatoms. The van der Waals surface area contributed by atoms with Crippen LogP contribution in [0.4, 0.5) is 11.4 Å². The van der Waals surface area contributed by atoms with Gasteiger partial charge in [-0.2, -0.15) is 0 Å². The molecule has 0 aliphatic carbocycles. The first-order chi connectivity index (χ1) is 14.1. The second-order valence-electron chi connectivity index (χ2n) is 7.37. The SMILES string of the molecule is CCC(CNc1ccc(NC(=O)/C=C/c2cccc3ccccc23)cc1)N(C)C. The Bertz CT molecular complexity index is 972. The van der Waals surface area contributed by atoms with E-state index in [1.807, 2.05) is 54.6 Å². The van der Waals surface area contributed by atoms with Crippen molar-refractivity contribution in [3.05, 3.63) is 78.4 Å². The smallest absolute Gasteiger partial charge is 0.248 e. The number of benzene rings is 3. The van der Waals surface area contributed by atoms with E-state index >= 15 is 0 Å². The van der Waals surface area contributed by atoms with Crippen molar-refractivity contribution in [2.24, 2.45) is 0 Å². The van der Waals surface area contributed by atoms with Crippen LogP contribution in [0, 0.1) is 0 Å². The highest BCUT2D eigenvalue weighted by molar-refractivity contribution is 6.03. The highest BCUT2D eigenvalue weighted by Crippen LogP contribution is 2.20. The van der Waals surface area contributed by atoms with Crippen molar-refractivity contribution in [2.75, 3.05) is 31.3 Å². The van der Waals surface area contributed by atoms with Gasteiger partial charge in [0.2, 0.25) is 5.91 Å². The highest BCUT2D eigenvalue weighted by atomic mass is 16.1. The Morgan fingerprint density at radius 2 is 1.66 bits per heavy atom. The number of carbonyl (C=O) groups is 1. The number of hydrogen-bond donors (Lipinski definition) is 2. The van der Waals surface area contributed by atoms with Gasteiger partial charge in [0.25, 0.3) is 0 Å². The summed E-state index contributed by atoms with van der Waals surface area (Å²) in [5, 5.41) is 8.67. The third-order valence-electron chi connectivity index (χ3n) is 5.13. The van der Waals surface area contributed by atoms with Crippen LogP contribution >= 0.6 is 0 Å². The maximum atomic E-state index is 12.3. The van der Waals surface area contributed by atoms with Crippen LogP contribution in [-0.2, 0) is 4.79 Å². The van der Waals surface area contributed by atoms with E-state index in [1.165, 1.54) is 0 Å². The minimum absolute atomic E-state index is 0.141. The molecule has 0 spiro atoms. The van der Waals surface area contributed by atoms with Crippen molar-refractivity contribution in [3.8, 4) is 0 Å². The zero-order valence-corrected chi connectivity index (χ0v) is 17.4. The summed E-state index contributed by atoms with van der Waals surface area (Å²) in [4.78, 5) is 14.5. The van der Waals surface area contributed by atoms with Gasteiger partial charge in [0, 0.05) is 30.0 Å². The average Bonchev–Trinajstić information content (AvgIpc) is 2.73. The molecule has 0 aliphatic heterocycles. The molecule has 29 heavy (non-hydrogen) atoms. The summed E-state index contributed by atoms with van der Waals surface area (Å²) in [6.07, 6.45) is 4.54. The van der Waals surface area contributed by atoms with E-state index in [9.17, 15) is 4.79 Å². The lowest BCUT2D eigenvalue weighted by Gasteiger charge is -2.23. The Labute approximate surface area is 173 Å². The molecule has 0 radical (unpaired) electrons. The van der Waals surface area contributed by atoms with Crippen molar-refractivity contribution in [2.45, 2.75) is 19.4 Å². The standard InChI is InChI=1S/C25H29N3O/c1-4-23(28(2)3)18-26-21-13-15-22(16-14-21)27-25(29)17-12-20-10-7-9-19-8-5-6-11-24(19)20/h5-17,23,26H,4,18H2,1-3H3,(H,27,29)/b17-12+. The molecule has 0 heterocycles. The van der Waals surface area contributed by atoms with E-state index in [0.717, 1.165) is 40.7 Å². The Morgan fingerprint density at radius 3 is 2.38 bits per heavy atom. The molecule has 1 amide bonds. The number of nitrogens with one attached hydrogen (secondary N) is 2. The summed E-state index contributed by atoms with van der Waals surface area (Å²) in [5.74, 6) is -0.141. The minimum atomic E-state index is -0.141. The largest absolute Gasteiger partial charge is 0.383 e. The molecule has 0 aliphatic rings. The molecular formula is C25H29N3O.